The highest BCUT2D eigenvalue weighted by Gasteiger charge is 2.20. The maximum absolute atomic E-state index is 11.0. The molecular weight excluding hydrogens is 258 g/mol. The van der Waals surface area contributed by atoms with E-state index in [9.17, 15) is 10.1 Å². The maximum Gasteiger partial charge on any atom is 0.329 e. The summed E-state index contributed by atoms with van der Waals surface area (Å²) in [6.45, 7) is 2.50. The molecule has 1 aromatic carbocycles. The summed E-state index contributed by atoms with van der Waals surface area (Å²) in [6.07, 6.45) is 1.13. The number of aryl methyl sites for hydroxylation is 1. The molecule has 104 valence electrons. The minimum atomic E-state index is -0.511. The Morgan fingerprint density at radius 2 is 2.10 bits per heavy atom. The van der Waals surface area contributed by atoms with E-state index in [-0.39, 0.29) is 17.5 Å². The molecule has 2 rings (SSSR count). The molecule has 0 aliphatic carbocycles. The van der Waals surface area contributed by atoms with Gasteiger partial charge in [-0.3, -0.25) is 10.1 Å². The van der Waals surface area contributed by atoms with Crippen molar-refractivity contribution in [1.82, 2.24) is 9.97 Å². The van der Waals surface area contributed by atoms with Crippen LogP contribution in [-0.4, -0.2) is 21.9 Å². The Kier molecular flexibility index (Phi) is 3.79. The quantitative estimate of drug-likeness (QED) is 0.675. The minimum Gasteiger partial charge on any atom is -0.368 e. The molecule has 0 amide bonds. The highest BCUT2D eigenvalue weighted by Crippen LogP contribution is 2.26. The molecule has 7 nitrogen and oxygen atoms in total. The Balaban J connectivity index is 2.34. The van der Waals surface area contributed by atoms with Gasteiger partial charge in [-0.25, -0.2) is 4.98 Å². The zero-order valence-electron chi connectivity index (χ0n) is 11.3. The van der Waals surface area contributed by atoms with Gasteiger partial charge in [-0.1, -0.05) is 24.3 Å². The summed E-state index contributed by atoms with van der Waals surface area (Å²) in [6, 6.07) is 7.84. The largest absolute Gasteiger partial charge is 0.368 e. The Morgan fingerprint density at radius 1 is 1.40 bits per heavy atom. The van der Waals surface area contributed by atoms with Gasteiger partial charge in [0.05, 0.1) is 4.92 Å². The number of nitrogens with two attached hydrogens (primary N) is 1. The molecule has 0 saturated carbocycles. The van der Waals surface area contributed by atoms with Crippen LogP contribution in [0.1, 0.15) is 11.1 Å². The van der Waals surface area contributed by atoms with Crippen molar-refractivity contribution in [3.8, 4) is 0 Å². The first kappa shape index (κ1) is 13.7. The first-order chi connectivity index (χ1) is 9.49. The SMILES string of the molecule is Cc1ccccc1CN(C)c1nc(N)ncc1[N+](=O)[O-]. The molecule has 0 unspecified atom stereocenters. The molecule has 0 saturated heterocycles. The fraction of sp³-hybridized carbons (Fsp3) is 0.231. The number of hydrogen-bond donors (Lipinski definition) is 1. The lowest BCUT2D eigenvalue weighted by Gasteiger charge is -2.19. The summed E-state index contributed by atoms with van der Waals surface area (Å²) in [5.74, 6) is 0.230. The summed E-state index contributed by atoms with van der Waals surface area (Å²) >= 11 is 0. The number of rotatable bonds is 4. The second-order valence-electron chi connectivity index (χ2n) is 4.48. The van der Waals surface area contributed by atoms with Crippen LogP contribution in [0, 0.1) is 17.0 Å². The zero-order valence-corrected chi connectivity index (χ0v) is 11.3. The number of hydrogen-bond acceptors (Lipinski definition) is 6. The number of nitrogen functional groups attached to an aromatic ring is 1. The van der Waals surface area contributed by atoms with Crippen molar-refractivity contribution in [2.24, 2.45) is 0 Å². The predicted molar refractivity (Wildman–Crippen MR) is 76.4 cm³/mol. The van der Waals surface area contributed by atoms with E-state index >= 15 is 0 Å². The molecule has 0 aliphatic rings. The number of benzene rings is 1. The number of nitrogens with zero attached hydrogens (tertiary/aromatic N) is 4. The summed E-state index contributed by atoms with van der Waals surface area (Å²) in [5, 5.41) is 11.0. The lowest BCUT2D eigenvalue weighted by molar-refractivity contribution is -0.384. The average molecular weight is 273 g/mol. The van der Waals surface area contributed by atoms with Gasteiger partial charge in [0.2, 0.25) is 11.8 Å². The van der Waals surface area contributed by atoms with Crippen molar-refractivity contribution in [3.05, 3.63) is 51.7 Å². The van der Waals surface area contributed by atoms with Crippen LogP contribution < -0.4 is 10.6 Å². The third-order valence-corrected chi connectivity index (χ3v) is 3.00. The van der Waals surface area contributed by atoms with Crippen molar-refractivity contribution < 1.29 is 4.92 Å². The normalized spacial score (nSPS) is 10.3. The molecule has 1 aromatic heterocycles. The van der Waals surface area contributed by atoms with Crippen LogP contribution in [0.5, 0.6) is 0 Å². The second-order valence-corrected chi connectivity index (χ2v) is 4.48. The van der Waals surface area contributed by atoms with Crippen LogP contribution in [0.25, 0.3) is 0 Å². The summed E-state index contributed by atoms with van der Waals surface area (Å²) in [5.41, 5.74) is 7.55. The monoisotopic (exact) mass is 273 g/mol. The Bertz CT molecular complexity index is 644. The fourth-order valence-electron chi connectivity index (χ4n) is 1.91. The van der Waals surface area contributed by atoms with Gasteiger partial charge in [0.25, 0.3) is 0 Å². The fourth-order valence-corrected chi connectivity index (χ4v) is 1.91. The molecule has 0 radical (unpaired) electrons. The van der Waals surface area contributed by atoms with E-state index in [2.05, 4.69) is 9.97 Å². The van der Waals surface area contributed by atoms with Gasteiger partial charge >= 0.3 is 5.69 Å². The van der Waals surface area contributed by atoms with Gasteiger partial charge in [-0.2, -0.15) is 4.98 Å². The predicted octanol–water partition coefficient (Wildman–Crippen LogP) is 1.91. The van der Waals surface area contributed by atoms with E-state index in [0.717, 1.165) is 17.3 Å². The van der Waals surface area contributed by atoms with Crippen molar-refractivity contribution in [1.29, 1.82) is 0 Å². The Labute approximate surface area is 116 Å². The maximum atomic E-state index is 11.0. The van der Waals surface area contributed by atoms with Crippen LogP contribution in [0.15, 0.2) is 30.5 Å². The number of anilines is 2. The molecule has 1 heterocycles. The van der Waals surface area contributed by atoms with Crippen molar-refractivity contribution >= 4 is 17.5 Å². The van der Waals surface area contributed by atoms with E-state index < -0.39 is 4.92 Å². The Morgan fingerprint density at radius 3 is 2.75 bits per heavy atom. The highest BCUT2D eigenvalue weighted by molar-refractivity contribution is 5.58. The summed E-state index contributed by atoms with van der Waals surface area (Å²) in [7, 11) is 1.74. The Hall–Kier alpha value is -2.70. The molecule has 2 N–H and O–H groups in total. The topological polar surface area (TPSA) is 98.2 Å². The molecule has 0 aliphatic heterocycles. The van der Waals surface area contributed by atoms with Crippen molar-refractivity contribution in [2.75, 3.05) is 17.7 Å². The van der Waals surface area contributed by atoms with Crippen LogP contribution in [0.4, 0.5) is 17.5 Å². The standard InChI is InChI=1S/C13H15N5O2/c1-9-5-3-4-6-10(9)8-17(2)12-11(18(19)20)7-15-13(14)16-12/h3-7H,8H2,1-2H3,(H2,14,15,16). The molecule has 0 spiro atoms. The van der Waals surface area contributed by atoms with Gasteiger partial charge < -0.3 is 10.6 Å². The lowest BCUT2D eigenvalue weighted by Crippen LogP contribution is -2.20. The molecule has 20 heavy (non-hydrogen) atoms. The van der Waals surface area contributed by atoms with Gasteiger partial charge in [-0.15, -0.1) is 0 Å². The van der Waals surface area contributed by atoms with E-state index in [1.165, 1.54) is 0 Å². The molecule has 0 atom stereocenters. The minimum absolute atomic E-state index is 0.0160. The van der Waals surface area contributed by atoms with E-state index in [1.807, 2.05) is 31.2 Å². The molecule has 2 aromatic rings. The first-order valence-corrected chi connectivity index (χ1v) is 6.01. The van der Waals surface area contributed by atoms with Crippen LogP contribution in [0.3, 0.4) is 0 Å². The van der Waals surface area contributed by atoms with Gasteiger partial charge in [-0.05, 0) is 18.1 Å². The molecule has 0 fully saturated rings. The zero-order chi connectivity index (χ0) is 14.7. The average Bonchev–Trinajstić information content (AvgIpc) is 2.40. The second kappa shape index (κ2) is 5.52. The van der Waals surface area contributed by atoms with Crippen LogP contribution in [-0.2, 0) is 6.54 Å². The molecule has 0 bridgehead atoms. The van der Waals surface area contributed by atoms with E-state index in [0.29, 0.717) is 6.54 Å². The van der Waals surface area contributed by atoms with E-state index in [4.69, 9.17) is 5.73 Å². The third-order valence-electron chi connectivity index (χ3n) is 3.00. The smallest absolute Gasteiger partial charge is 0.329 e. The molecule has 7 heteroatoms. The van der Waals surface area contributed by atoms with Gasteiger partial charge in [0, 0.05) is 13.6 Å². The van der Waals surface area contributed by atoms with Crippen LogP contribution in [0.2, 0.25) is 0 Å². The molecular formula is C13H15N5O2. The first-order valence-electron chi connectivity index (χ1n) is 6.01. The third kappa shape index (κ3) is 2.82. The van der Waals surface area contributed by atoms with Crippen LogP contribution >= 0.6 is 0 Å². The number of nitro groups is 1. The lowest BCUT2D eigenvalue weighted by atomic mass is 10.1. The van der Waals surface area contributed by atoms with Crippen molar-refractivity contribution in [2.45, 2.75) is 13.5 Å². The van der Waals surface area contributed by atoms with E-state index in [1.54, 1.807) is 11.9 Å². The highest BCUT2D eigenvalue weighted by atomic mass is 16.6. The van der Waals surface area contributed by atoms with Crippen molar-refractivity contribution in [3.63, 3.8) is 0 Å². The van der Waals surface area contributed by atoms with Gasteiger partial charge in [0.1, 0.15) is 6.20 Å². The summed E-state index contributed by atoms with van der Waals surface area (Å²) < 4.78 is 0. The van der Waals surface area contributed by atoms with Gasteiger partial charge in [0.15, 0.2) is 0 Å². The summed E-state index contributed by atoms with van der Waals surface area (Å²) in [4.78, 5) is 19.8. The number of aromatic nitrogens is 2.